The minimum Gasteiger partial charge on any atom is -0.407 e. The zero-order valence-corrected chi connectivity index (χ0v) is 12.2. The molecule has 0 spiro atoms. The predicted molar refractivity (Wildman–Crippen MR) is 75.3 cm³/mol. The summed E-state index contributed by atoms with van der Waals surface area (Å²) in [5, 5.41) is 21.5. The molecule has 3 unspecified atom stereocenters. The topological polar surface area (TPSA) is 74.4 Å². The molecule has 3 atom stereocenters. The van der Waals surface area contributed by atoms with Gasteiger partial charge in [0.25, 0.3) is 0 Å². The lowest BCUT2D eigenvalue weighted by atomic mass is 10.00. The fraction of sp³-hybridized carbons (Fsp3) is 0.857. The molecule has 20 heavy (non-hydrogen) atoms. The van der Waals surface area contributed by atoms with E-state index in [-0.39, 0.29) is 6.10 Å². The van der Waals surface area contributed by atoms with Crippen LogP contribution in [0.3, 0.4) is 0 Å². The van der Waals surface area contributed by atoms with Gasteiger partial charge in [-0.25, -0.2) is 0 Å². The van der Waals surface area contributed by atoms with Gasteiger partial charge in [0.05, 0.1) is 12.6 Å². The zero-order valence-electron chi connectivity index (χ0n) is 12.2. The Labute approximate surface area is 119 Å². The second-order valence-electron chi connectivity index (χ2n) is 6.48. The molecule has 1 saturated carbocycles. The van der Waals surface area contributed by atoms with E-state index < -0.39 is 0 Å². The van der Waals surface area contributed by atoms with Gasteiger partial charge >= 0.3 is 6.01 Å². The molecular weight excluding hydrogens is 256 g/mol. The van der Waals surface area contributed by atoms with Crippen molar-refractivity contribution in [1.82, 2.24) is 15.5 Å². The average molecular weight is 280 g/mol. The van der Waals surface area contributed by atoms with Crippen LogP contribution in [0.4, 0.5) is 6.01 Å². The highest BCUT2D eigenvalue weighted by atomic mass is 16.4. The summed E-state index contributed by atoms with van der Waals surface area (Å²) in [4.78, 5) is 2.12. The van der Waals surface area contributed by atoms with Crippen LogP contribution in [-0.2, 0) is 6.54 Å². The van der Waals surface area contributed by atoms with Crippen LogP contribution in [0.5, 0.6) is 0 Å². The third kappa shape index (κ3) is 2.81. The van der Waals surface area contributed by atoms with Gasteiger partial charge in [0, 0.05) is 19.0 Å². The lowest BCUT2D eigenvalue weighted by molar-refractivity contribution is 0.133. The van der Waals surface area contributed by atoms with E-state index in [1.807, 2.05) is 0 Å². The number of fused-ring (bicyclic) bond motifs is 1. The average Bonchev–Trinajstić information content (AvgIpc) is 3.06. The summed E-state index contributed by atoms with van der Waals surface area (Å²) in [6.45, 7) is 7.67. The number of aliphatic hydroxyl groups is 1. The molecule has 3 rings (SSSR count). The van der Waals surface area contributed by atoms with E-state index in [9.17, 15) is 5.11 Å². The van der Waals surface area contributed by atoms with Crippen LogP contribution in [-0.4, -0.2) is 41.0 Å². The molecule has 1 aromatic rings. The maximum atomic E-state index is 9.93. The summed E-state index contributed by atoms with van der Waals surface area (Å²) >= 11 is 0. The van der Waals surface area contributed by atoms with Crippen LogP contribution in [0.2, 0.25) is 0 Å². The number of anilines is 1. The molecule has 6 nitrogen and oxygen atoms in total. The number of nitrogens with zero attached hydrogens (tertiary/aromatic N) is 3. The van der Waals surface area contributed by atoms with Gasteiger partial charge in [-0.1, -0.05) is 18.9 Å². The fourth-order valence-electron chi connectivity index (χ4n) is 3.30. The van der Waals surface area contributed by atoms with Gasteiger partial charge in [-0.15, -0.1) is 5.10 Å². The number of aliphatic hydroxyl groups excluding tert-OH is 1. The summed E-state index contributed by atoms with van der Waals surface area (Å²) in [5.74, 6) is 2.21. The number of rotatable bonds is 5. The summed E-state index contributed by atoms with van der Waals surface area (Å²) in [7, 11) is 0. The van der Waals surface area contributed by atoms with E-state index in [1.54, 1.807) is 0 Å². The number of nitrogens with one attached hydrogen (secondary N) is 1. The van der Waals surface area contributed by atoms with Crippen molar-refractivity contribution < 1.29 is 9.52 Å². The molecule has 2 heterocycles. The van der Waals surface area contributed by atoms with Crippen LogP contribution in [0, 0.1) is 17.8 Å². The normalized spacial score (nSPS) is 29.4. The lowest BCUT2D eigenvalue weighted by Gasteiger charge is -2.15. The number of hydrogen-bond donors (Lipinski definition) is 2. The van der Waals surface area contributed by atoms with Gasteiger partial charge in [0.15, 0.2) is 0 Å². The molecule has 0 aromatic carbocycles. The van der Waals surface area contributed by atoms with Crippen LogP contribution in [0.25, 0.3) is 0 Å². The van der Waals surface area contributed by atoms with Gasteiger partial charge < -0.3 is 19.7 Å². The van der Waals surface area contributed by atoms with Crippen LogP contribution >= 0.6 is 0 Å². The van der Waals surface area contributed by atoms with Gasteiger partial charge in [0.1, 0.15) is 0 Å². The predicted octanol–water partition coefficient (Wildman–Crippen LogP) is 1.02. The highest BCUT2D eigenvalue weighted by molar-refractivity contribution is 5.28. The molecular formula is C14H24N4O2. The Morgan fingerprint density at radius 2 is 2.20 bits per heavy atom. The van der Waals surface area contributed by atoms with Crippen molar-refractivity contribution in [3.8, 4) is 0 Å². The van der Waals surface area contributed by atoms with Gasteiger partial charge in [-0.3, -0.25) is 0 Å². The Balaban J connectivity index is 1.55. The van der Waals surface area contributed by atoms with Crippen molar-refractivity contribution >= 4 is 6.01 Å². The van der Waals surface area contributed by atoms with Crippen LogP contribution in [0.15, 0.2) is 4.42 Å². The minimum absolute atomic E-state index is 0.153. The summed E-state index contributed by atoms with van der Waals surface area (Å²) in [5.41, 5.74) is 0. The van der Waals surface area contributed by atoms with Crippen molar-refractivity contribution in [3.05, 3.63) is 5.89 Å². The molecule has 0 bridgehead atoms. The standard InChI is InChI=1S/C14H24N4O2/c1-9(2)5-15-6-13-16-17-14(20-13)18-7-10-3-4-12(19)11(10)8-18/h9-12,15,19H,3-8H2,1-2H3. The number of aromatic nitrogens is 2. The first kappa shape index (κ1) is 13.8. The van der Waals surface area contributed by atoms with E-state index in [0.29, 0.717) is 36.2 Å². The number of hydrogen-bond acceptors (Lipinski definition) is 6. The van der Waals surface area contributed by atoms with Crippen molar-refractivity contribution in [1.29, 1.82) is 0 Å². The van der Waals surface area contributed by atoms with Crippen LogP contribution in [0.1, 0.15) is 32.6 Å². The van der Waals surface area contributed by atoms with E-state index in [0.717, 1.165) is 32.5 Å². The fourth-order valence-corrected chi connectivity index (χ4v) is 3.30. The maximum absolute atomic E-state index is 9.93. The van der Waals surface area contributed by atoms with E-state index >= 15 is 0 Å². The lowest BCUT2D eigenvalue weighted by Crippen LogP contribution is -2.24. The van der Waals surface area contributed by atoms with Crippen molar-refractivity contribution in [2.45, 2.75) is 39.3 Å². The second-order valence-corrected chi connectivity index (χ2v) is 6.48. The third-order valence-corrected chi connectivity index (χ3v) is 4.37. The van der Waals surface area contributed by atoms with Crippen molar-refractivity contribution in [2.24, 2.45) is 17.8 Å². The molecule has 2 aliphatic rings. The molecule has 0 amide bonds. The molecule has 1 aliphatic carbocycles. The Kier molecular flexibility index (Phi) is 3.94. The zero-order chi connectivity index (χ0) is 14.1. The first-order chi connectivity index (χ1) is 9.63. The first-order valence-corrected chi connectivity index (χ1v) is 7.59. The Morgan fingerprint density at radius 1 is 1.35 bits per heavy atom. The van der Waals surface area contributed by atoms with Crippen molar-refractivity contribution in [3.63, 3.8) is 0 Å². The van der Waals surface area contributed by atoms with E-state index in [2.05, 4.69) is 34.3 Å². The van der Waals surface area contributed by atoms with Gasteiger partial charge in [0.2, 0.25) is 5.89 Å². The van der Waals surface area contributed by atoms with Gasteiger partial charge in [-0.2, -0.15) is 0 Å². The van der Waals surface area contributed by atoms with Crippen molar-refractivity contribution in [2.75, 3.05) is 24.5 Å². The molecule has 1 saturated heterocycles. The minimum atomic E-state index is -0.153. The molecule has 112 valence electrons. The van der Waals surface area contributed by atoms with E-state index in [4.69, 9.17) is 4.42 Å². The maximum Gasteiger partial charge on any atom is 0.318 e. The Bertz CT molecular complexity index is 448. The Morgan fingerprint density at radius 3 is 2.95 bits per heavy atom. The SMILES string of the molecule is CC(C)CNCc1nnc(N2CC3CCC(O)C3C2)o1. The summed E-state index contributed by atoms with van der Waals surface area (Å²) < 4.78 is 5.71. The molecule has 0 radical (unpaired) electrons. The molecule has 1 aliphatic heterocycles. The Hall–Kier alpha value is -1.14. The van der Waals surface area contributed by atoms with Gasteiger partial charge in [-0.05, 0) is 31.2 Å². The second kappa shape index (κ2) is 5.69. The van der Waals surface area contributed by atoms with Crippen LogP contribution < -0.4 is 10.2 Å². The summed E-state index contributed by atoms with van der Waals surface area (Å²) in [6.07, 6.45) is 1.90. The quantitative estimate of drug-likeness (QED) is 0.839. The molecule has 1 aromatic heterocycles. The molecule has 2 N–H and O–H groups in total. The largest absolute Gasteiger partial charge is 0.407 e. The molecule has 6 heteroatoms. The smallest absolute Gasteiger partial charge is 0.318 e. The monoisotopic (exact) mass is 280 g/mol. The highest BCUT2D eigenvalue weighted by Gasteiger charge is 2.43. The first-order valence-electron chi connectivity index (χ1n) is 7.59. The van der Waals surface area contributed by atoms with E-state index in [1.165, 1.54) is 0 Å². The highest BCUT2D eigenvalue weighted by Crippen LogP contribution is 2.39. The third-order valence-electron chi connectivity index (χ3n) is 4.37. The molecule has 2 fully saturated rings. The summed E-state index contributed by atoms with van der Waals surface area (Å²) in [6, 6.07) is 0.605.